The maximum atomic E-state index is 12.6. The zero-order chi connectivity index (χ0) is 21.5. The zero-order valence-electron chi connectivity index (χ0n) is 17.7. The fourth-order valence-corrected chi connectivity index (χ4v) is 4.59. The molecule has 8 heteroatoms. The van der Waals surface area contributed by atoms with Crippen molar-refractivity contribution in [3.05, 3.63) is 48.8 Å². The van der Waals surface area contributed by atoms with Crippen molar-refractivity contribution in [2.24, 2.45) is 0 Å². The third kappa shape index (κ3) is 5.25. The van der Waals surface area contributed by atoms with Gasteiger partial charge in [0.2, 0.25) is 5.91 Å². The highest BCUT2D eigenvalue weighted by molar-refractivity contribution is 7.99. The molecule has 1 fully saturated rings. The second-order valence-electron chi connectivity index (χ2n) is 7.47. The second kappa shape index (κ2) is 10.4. The maximum absolute atomic E-state index is 12.6. The summed E-state index contributed by atoms with van der Waals surface area (Å²) in [5.74, 6) is 1.76. The van der Waals surface area contributed by atoms with E-state index in [9.17, 15) is 4.79 Å². The van der Waals surface area contributed by atoms with Gasteiger partial charge < -0.3 is 10.1 Å². The van der Waals surface area contributed by atoms with Crippen molar-refractivity contribution in [1.82, 2.24) is 25.1 Å². The van der Waals surface area contributed by atoms with Crippen molar-refractivity contribution in [3.63, 3.8) is 0 Å². The van der Waals surface area contributed by atoms with E-state index in [1.807, 2.05) is 47.9 Å². The van der Waals surface area contributed by atoms with Gasteiger partial charge in [-0.1, -0.05) is 43.2 Å². The van der Waals surface area contributed by atoms with Crippen molar-refractivity contribution in [2.75, 3.05) is 12.4 Å². The molecule has 1 aliphatic carbocycles. The van der Waals surface area contributed by atoms with Crippen LogP contribution >= 0.6 is 11.8 Å². The number of thioether (sulfide) groups is 1. The summed E-state index contributed by atoms with van der Waals surface area (Å²) in [6, 6.07) is 11.9. The Morgan fingerprint density at radius 3 is 2.68 bits per heavy atom. The van der Waals surface area contributed by atoms with E-state index in [0.29, 0.717) is 29.4 Å². The molecule has 1 aliphatic rings. The lowest BCUT2D eigenvalue weighted by atomic mass is 9.95. The molecule has 4 rings (SSSR count). The highest BCUT2D eigenvalue weighted by Crippen LogP contribution is 2.32. The van der Waals surface area contributed by atoms with E-state index in [1.165, 1.54) is 31.0 Å². The Morgan fingerprint density at radius 2 is 1.90 bits per heavy atom. The van der Waals surface area contributed by atoms with Crippen molar-refractivity contribution in [2.45, 2.75) is 50.2 Å². The summed E-state index contributed by atoms with van der Waals surface area (Å²) >= 11 is 1.39. The number of hydrogen-bond donors (Lipinski definition) is 1. The van der Waals surface area contributed by atoms with E-state index < -0.39 is 0 Å². The summed E-state index contributed by atoms with van der Waals surface area (Å²) < 4.78 is 7.81. The number of hydrogen-bond acceptors (Lipinski definition) is 6. The molecule has 2 heterocycles. The second-order valence-corrected chi connectivity index (χ2v) is 8.41. The summed E-state index contributed by atoms with van der Waals surface area (Å²) in [6.45, 7) is 2.51. The average molecular weight is 438 g/mol. The third-order valence-corrected chi connectivity index (χ3v) is 6.21. The Morgan fingerprint density at radius 1 is 1.13 bits per heavy atom. The fraction of sp³-hybridized carbons (Fsp3) is 0.391. The summed E-state index contributed by atoms with van der Waals surface area (Å²) in [7, 11) is 0. The Bertz CT molecular complexity index is 1000. The number of carbonyl (C=O) groups excluding carboxylic acids is 1. The number of para-hydroxylation sites is 2. The van der Waals surface area contributed by atoms with E-state index in [2.05, 4.69) is 20.5 Å². The van der Waals surface area contributed by atoms with Crippen LogP contribution in [-0.4, -0.2) is 44.1 Å². The number of benzene rings is 1. The van der Waals surface area contributed by atoms with Gasteiger partial charge in [0.1, 0.15) is 5.75 Å². The van der Waals surface area contributed by atoms with Gasteiger partial charge in [0.05, 0.1) is 18.0 Å². The summed E-state index contributed by atoms with van der Waals surface area (Å²) in [5, 5.41) is 12.7. The minimum Gasteiger partial charge on any atom is -0.492 e. The molecular weight excluding hydrogens is 410 g/mol. The van der Waals surface area contributed by atoms with Gasteiger partial charge in [-0.25, -0.2) is 0 Å². The highest BCUT2D eigenvalue weighted by Gasteiger charge is 2.21. The first kappa shape index (κ1) is 21.4. The number of nitrogens with zero attached hydrogens (tertiary/aromatic N) is 4. The lowest BCUT2D eigenvalue weighted by Gasteiger charge is -2.22. The monoisotopic (exact) mass is 437 g/mol. The van der Waals surface area contributed by atoms with E-state index in [1.54, 1.807) is 12.4 Å². The molecule has 0 atom stereocenters. The topological polar surface area (TPSA) is 81.9 Å². The summed E-state index contributed by atoms with van der Waals surface area (Å²) in [5.41, 5.74) is 1.74. The molecule has 31 heavy (non-hydrogen) atoms. The Labute approximate surface area is 186 Å². The lowest BCUT2D eigenvalue weighted by Crippen LogP contribution is -2.37. The highest BCUT2D eigenvalue weighted by atomic mass is 32.2. The van der Waals surface area contributed by atoms with Crippen LogP contribution in [0.4, 0.5) is 0 Å². The minimum atomic E-state index is 0.0370. The molecule has 0 saturated heterocycles. The quantitative estimate of drug-likeness (QED) is 0.530. The van der Waals surface area contributed by atoms with Gasteiger partial charge in [-0.15, -0.1) is 10.2 Å². The Hall–Kier alpha value is -2.87. The number of aromatic nitrogens is 4. The standard InChI is InChI=1S/C23H27N5O2S/c1-2-30-20-11-7-6-10-19(20)28-22(17-12-14-24-15-13-17)26-27-23(28)31-16-21(29)25-18-8-4-3-5-9-18/h6-7,10-15,18H,2-5,8-9,16H2,1H3,(H,25,29). The van der Waals surface area contributed by atoms with Crippen LogP contribution in [0.3, 0.4) is 0 Å². The van der Waals surface area contributed by atoms with Crippen LogP contribution in [0.1, 0.15) is 39.0 Å². The molecule has 0 bridgehead atoms. The Kier molecular flexibility index (Phi) is 7.19. The van der Waals surface area contributed by atoms with Crippen LogP contribution in [0.5, 0.6) is 5.75 Å². The molecule has 0 aliphatic heterocycles. The van der Waals surface area contributed by atoms with Gasteiger partial charge in [-0.3, -0.25) is 14.3 Å². The summed E-state index contributed by atoms with van der Waals surface area (Å²) in [4.78, 5) is 16.7. The smallest absolute Gasteiger partial charge is 0.230 e. The number of carbonyl (C=O) groups is 1. The number of rotatable bonds is 8. The molecule has 1 amide bonds. The van der Waals surface area contributed by atoms with E-state index >= 15 is 0 Å². The SMILES string of the molecule is CCOc1ccccc1-n1c(SCC(=O)NC2CCCCC2)nnc1-c1ccncc1. The lowest BCUT2D eigenvalue weighted by molar-refractivity contribution is -0.119. The molecular formula is C23H27N5O2S. The van der Waals surface area contributed by atoms with Crippen molar-refractivity contribution in [3.8, 4) is 22.8 Å². The van der Waals surface area contributed by atoms with Gasteiger partial charge >= 0.3 is 0 Å². The molecule has 0 spiro atoms. The van der Waals surface area contributed by atoms with E-state index in [4.69, 9.17) is 4.74 Å². The fourth-order valence-electron chi connectivity index (χ4n) is 3.83. The molecule has 0 unspecified atom stereocenters. The Balaban J connectivity index is 1.61. The van der Waals surface area contributed by atoms with Gasteiger partial charge in [0.15, 0.2) is 11.0 Å². The van der Waals surface area contributed by atoms with Gasteiger partial charge in [0, 0.05) is 24.0 Å². The van der Waals surface area contributed by atoms with Crippen molar-refractivity contribution >= 4 is 17.7 Å². The van der Waals surface area contributed by atoms with Crippen LogP contribution in [0.15, 0.2) is 53.9 Å². The molecule has 2 aromatic heterocycles. The third-order valence-electron chi connectivity index (χ3n) is 5.28. The summed E-state index contributed by atoms with van der Waals surface area (Å²) in [6.07, 6.45) is 9.24. The first-order valence-electron chi connectivity index (χ1n) is 10.8. The molecule has 1 aromatic carbocycles. The number of ether oxygens (including phenoxy) is 1. The molecule has 1 saturated carbocycles. The van der Waals surface area contributed by atoms with Gasteiger partial charge in [-0.2, -0.15) is 0 Å². The van der Waals surface area contributed by atoms with Crippen molar-refractivity contribution in [1.29, 1.82) is 0 Å². The van der Waals surface area contributed by atoms with Crippen molar-refractivity contribution < 1.29 is 9.53 Å². The van der Waals surface area contributed by atoms with E-state index in [-0.39, 0.29) is 5.91 Å². The first-order chi connectivity index (χ1) is 15.3. The zero-order valence-corrected chi connectivity index (χ0v) is 18.5. The first-order valence-corrected chi connectivity index (χ1v) is 11.7. The molecule has 1 N–H and O–H groups in total. The number of pyridine rings is 1. The molecule has 7 nitrogen and oxygen atoms in total. The predicted molar refractivity (Wildman–Crippen MR) is 121 cm³/mol. The van der Waals surface area contributed by atoms with Gasteiger partial charge in [0.25, 0.3) is 0 Å². The molecule has 3 aromatic rings. The minimum absolute atomic E-state index is 0.0370. The maximum Gasteiger partial charge on any atom is 0.230 e. The largest absolute Gasteiger partial charge is 0.492 e. The van der Waals surface area contributed by atoms with Crippen LogP contribution < -0.4 is 10.1 Å². The number of amides is 1. The van der Waals surface area contributed by atoms with Gasteiger partial charge in [-0.05, 0) is 44.0 Å². The average Bonchev–Trinajstić information content (AvgIpc) is 3.23. The molecule has 162 valence electrons. The molecule has 0 radical (unpaired) electrons. The normalized spacial score (nSPS) is 14.4. The van der Waals surface area contributed by atoms with Crippen LogP contribution in [0, 0.1) is 0 Å². The van der Waals surface area contributed by atoms with Crippen LogP contribution in [-0.2, 0) is 4.79 Å². The van der Waals surface area contributed by atoms with Crippen LogP contribution in [0.2, 0.25) is 0 Å². The number of nitrogens with one attached hydrogen (secondary N) is 1. The van der Waals surface area contributed by atoms with E-state index in [0.717, 1.165) is 29.8 Å². The predicted octanol–water partition coefficient (Wildman–Crippen LogP) is 4.27. The van der Waals surface area contributed by atoms with Crippen LogP contribution in [0.25, 0.3) is 17.1 Å².